The first-order valence-electron chi connectivity index (χ1n) is 6.22. The zero-order valence-electron chi connectivity index (χ0n) is 10.7. The molecule has 0 saturated heterocycles. The van der Waals surface area contributed by atoms with E-state index in [1.54, 1.807) is 6.92 Å². The Labute approximate surface area is 93.9 Å². The monoisotopic (exact) mass is 208 g/mol. The molecule has 0 saturated carbocycles. The van der Waals surface area contributed by atoms with Crippen LogP contribution < -0.4 is 0 Å². The Bertz CT molecular complexity index is 271. The van der Waals surface area contributed by atoms with Gasteiger partial charge in [-0.25, -0.2) is 0 Å². The summed E-state index contributed by atoms with van der Waals surface area (Å²) in [5.74, 6) is 0.300. The Morgan fingerprint density at radius 1 is 1.27 bits per heavy atom. The average molecular weight is 208 g/mol. The van der Waals surface area contributed by atoms with Crippen LogP contribution in [0.15, 0.2) is 11.1 Å². The lowest BCUT2D eigenvalue weighted by Gasteiger charge is -2.33. The van der Waals surface area contributed by atoms with Crippen molar-refractivity contribution in [3.8, 4) is 0 Å². The normalized spacial score (nSPS) is 18.1. The highest BCUT2D eigenvalue weighted by Crippen LogP contribution is 2.40. The first kappa shape index (κ1) is 12.5. The molecule has 0 fully saturated rings. The van der Waals surface area contributed by atoms with Gasteiger partial charge in [-0.05, 0) is 50.0 Å². The summed E-state index contributed by atoms with van der Waals surface area (Å²) in [6.45, 7) is 8.53. The SMILES string of the molecule is CCCC(C)(C)C1=C(C(C)=O)CCCC1. The Kier molecular flexibility index (Phi) is 4.12. The lowest BCUT2D eigenvalue weighted by Crippen LogP contribution is -2.21. The minimum atomic E-state index is 0.232. The van der Waals surface area contributed by atoms with Crippen LogP contribution in [0.1, 0.15) is 66.2 Å². The summed E-state index contributed by atoms with van der Waals surface area (Å²) in [4.78, 5) is 11.6. The number of carbonyl (C=O) groups excluding carboxylic acids is 1. The number of ketones is 1. The van der Waals surface area contributed by atoms with Gasteiger partial charge in [-0.2, -0.15) is 0 Å². The van der Waals surface area contributed by atoms with Crippen LogP contribution in [0.4, 0.5) is 0 Å². The fourth-order valence-electron chi connectivity index (χ4n) is 2.82. The number of rotatable bonds is 4. The Morgan fingerprint density at radius 3 is 2.40 bits per heavy atom. The summed E-state index contributed by atoms with van der Waals surface area (Å²) in [7, 11) is 0. The van der Waals surface area contributed by atoms with Gasteiger partial charge < -0.3 is 0 Å². The largest absolute Gasteiger partial charge is 0.295 e. The number of allylic oxidation sites excluding steroid dienone is 2. The maximum absolute atomic E-state index is 11.6. The van der Waals surface area contributed by atoms with E-state index in [0.717, 1.165) is 18.4 Å². The molecule has 0 aromatic heterocycles. The molecule has 0 amide bonds. The first-order chi connectivity index (χ1) is 6.99. The summed E-state index contributed by atoms with van der Waals surface area (Å²) in [5.41, 5.74) is 2.82. The molecule has 0 bridgehead atoms. The van der Waals surface area contributed by atoms with Crippen molar-refractivity contribution in [2.24, 2.45) is 5.41 Å². The maximum atomic E-state index is 11.6. The van der Waals surface area contributed by atoms with Gasteiger partial charge in [0.2, 0.25) is 0 Å². The zero-order valence-corrected chi connectivity index (χ0v) is 10.7. The summed E-state index contributed by atoms with van der Waals surface area (Å²) < 4.78 is 0. The van der Waals surface area contributed by atoms with Crippen LogP contribution in [-0.4, -0.2) is 5.78 Å². The van der Waals surface area contributed by atoms with E-state index in [4.69, 9.17) is 0 Å². The molecule has 0 spiro atoms. The van der Waals surface area contributed by atoms with Crippen molar-refractivity contribution in [3.05, 3.63) is 11.1 Å². The van der Waals surface area contributed by atoms with Gasteiger partial charge in [-0.1, -0.05) is 32.8 Å². The van der Waals surface area contributed by atoms with E-state index in [2.05, 4.69) is 20.8 Å². The molecular formula is C14H24O. The molecule has 1 rings (SSSR count). The predicted molar refractivity (Wildman–Crippen MR) is 64.9 cm³/mol. The van der Waals surface area contributed by atoms with Crippen LogP contribution in [0.2, 0.25) is 0 Å². The number of hydrogen-bond acceptors (Lipinski definition) is 1. The molecule has 1 aliphatic carbocycles. The molecule has 0 aliphatic heterocycles. The molecule has 0 unspecified atom stereocenters. The van der Waals surface area contributed by atoms with Crippen LogP contribution in [0.25, 0.3) is 0 Å². The molecule has 15 heavy (non-hydrogen) atoms. The van der Waals surface area contributed by atoms with Crippen molar-refractivity contribution in [3.63, 3.8) is 0 Å². The van der Waals surface area contributed by atoms with Gasteiger partial charge in [0.05, 0.1) is 0 Å². The van der Waals surface area contributed by atoms with Gasteiger partial charge in [0.15, 0.2) is 5.78 Å². The minimum absolute atomic E-state index is 0.232. The highest BCUT2D eigenvalue weighted by Gasteiger charge is 2.28. The smallest absolute Gasteiger partial charge is 0.155 e. The molecule has 0 N–H and O–H groups in total. The first-order valence-corrected chi connectivity index (χ1v) is 6.22. The predicted octanol–water partition coefficient (Wildman–Crippen LogP) is 4.27. The Morgan fingerprint density at radius 2 is 1.87 bits per heavy atom. The van der Waals surface area contributed by atoms with Gasteiger partial charge in [0.1, 0.15) is 0 Å². The molecule has 0 aromatic rings. The third-order valence-corrected chi connectivity index (χ3v) is 3.58. The van der Waals surface area contributed by atoms with Crippen molar-refractivity contribution >= 4 is 5.78 Å². The van der Waals surface area contributed by atoms with E-state index in [-0.39, 0.29) is 5.41 Å². The van der Waals surface area contributed by atoms with Crippen LogP contribution in [-0.2, 0) is 4.79 Å². The minimum Gasteiger partial charge on any atom is -0.295 e. The molecule has 1 aliphatic rings. The molecule has 0 radical (unpaired) electrons. The molecular weight excluding hydrogens is 184 g/mol. The third kappa shape index (κ3) is 2.93. The van der Waals surface area contributed by atoms with Gasteiger partial charge in [0, 0.05) is 0 Å². The number of hydrogen-bond donors (Lipinski definition) is 0. The molecule has 0 atom stereocenters. The third-order valence-electron chi connectivity index (χ3n) is 3.58. The molecule has 0 aromatic carbocycles. The second-order valence-corrected chi connectivity index (χ2v) is 5.35. The van der Waals surface area contributed by atoms with Gasteiger partial charge in [-0.15, -0.1) is 0 Å². The topological polar surface area (TPSA) is 17.1 Å². The van der Waals surface area contributed by atoms with Crippen molar-refractivity contribution in [1.29, 1.82) is 0 Å². The van der Waals surface area contributed by atoms with Crippen molar-refractivity contribution < 1.29 is 4.79 Å². The Hall–Kier alpha value is -0.590. The van der Waals surface area contributed by atoms with E-state index in [1.165, 1.54) is 31.3 Å². The van der Waals surface area contributed by atoms with Crippen molar-refractivity contribution in [2.45, 2.75) is 66.2 Å². The quantitative estimate of drug-likeness (QED) is 0.674. The van der Waals surface area contributed by atoms with Gasteiger partial charge in [0.25, 0.3) is 0 Å². The van der Waals surface area contributed by atoms with E-state index in [9.17, 15) is 4.79 Å². The molecule has 1 heteroatoms. The average Bonchev–Trinajstić information content (AvgIpc) is 2.17. The standard InChI is InChI=1S/C14H24O/c1-5-10-14(3,4)13-9-7-6-8-12(13)11(2)15/h5-10H2,1-4H3. The van der Waals surface area contributed by atoms with E-state index >= 15 is 0 Å². The molecule has 0 heterocycles. The lowest BCUT2D eigenvalue weighted by molar-refractivity contribution is -0.114. The summed E-state index contributed by atoms with van der Waals surface area (Å²) in [6.07, 6.45) is 7.00. The van der Waals surface area contributed by atoms with E-state index in [1.807, 2.05) is 0 Å². The molecule has 1 nitrogen and oxygen atoms in total. The fraction of sp³-hybridized carbons (Fsp3) is 0.786. The Balaban J connectivity index is 3.01. The van der Waals surface area contributed by atoms with Gasteiger partial charge in [-0.3, -0.25) is 4.79 Å². The van der Waals surface area contributed by atoms with E-state index < -0.39 is 0 Å². The zero-order chi connectivity index (χ0) is 11.5. The maximum Gasteiger partial charge on any atom is 0.155 e. The van der Waals surface area contributed by atoms with E-state index in [0.29, 0.717) is 5.78 Å². The highest BCUT2D eigenvalue weighted by atomic mass is 16.1. The van der Waals surface area contributed by atoms with Gasteiger partial charge >= 0.3 is 0 Å². The van der Waals surface area contributed by atoms with Crippen LogP contribution in [0, 0.1) is 5.41 Å². The second kappa shape index (κ2) is 4.96. The fourth-order valence-corrected chi connectivity index (χ4v) is 2.82. The second-order valence-electron chi connectivity index (χ2n) is 5.35. The van der Waals surface area contributed by atoms with Crippen LogP contribution in [0.5, 0.6) is 0 Å². The highest BCUT2D eigenvalue weighted by molar-refractivity contribution is 5.94. The van der Waals surface area contributed by atoms with Crippen LogP contribution in [0.3, 0.4) is 0 Å². The van der Waals surface area contributed by atoms with Crippen molar-refractivity contribution in [2.75, 3.05) is 0 Å². The van der Waals surface area contributed by atoms with Crippen LogP contribution >= 0.6 is 0 Å². The summed E-state index contributed by atoms with van der Waals surface area (Å²) in [5, 5.41) is 0. The molecule has 86 valence electrons. The summed E-state index contributed by atoms with van der Waals surface area (Å²) >= 11 is 0. The van der Waals surface area contributed by atoms with Crippen molar-refractivity contribution in [1.82, 2.24) is 0 Å². The number of carbonyl (C=O) groups is 1. The lowest BCUT2D eigenvalue weighted by atomic mass is 9.72. The summed E-state index contributed by atoms with van der Waals surface area (Å²) in [6, 6.07) is 0. The number of Topliss-reactive ketones (excluding diaryl/α,β-unsaturated/α-hetero) is 1.